The number of aromatic amines is 1. The van der Waals surface area contributed by atoms with E-state index in [2.05, 4.69) is 125 Å². The Hall–Kier alpha value is -6.93. The molecule has 4 amide bonds. The molecule has 1 heterocycles. The number of aryl methyl sites for hydroxylation is 1. The molecule has 18 nitrogen and oxygen atoms in total. The van der Waals surface area contributed by atoms with Crippen LogP contribution in [0, 0.1) is 70.1 Å². The molecule has 4 saturated carbocycles. The molecule has 6 aromatic carbocycles. The molecule has 4 aliphatic carbocycles. The minimum atomic E-state index is -0.910. The molecule has 4 aliphatic rings. The first-order chi connectivity index (χ1) is 55.8. The Morgan fingerprint density at radius 1 is 0.444 bits per heavy atom. The number of nitrogens with one attached hydrogen (secondary N) is 6. The van der Waals surface area contributed by atoms with Gasteiger partial charge in [0.25, 0.3) is 5.43 Å². The summed E-state index contributed by atoms with van der Waals surface area (Å²) in [6.07, 6.45) is 35.0. The molecule has 0 bridgehead atoms. The number of carbonyl (C=O) groups is 4. The third kappa shape index (κ3) is 42.3. The fraction of sp³-hybridized carbons (Fsp3) is 0.559. The van der Waals surface area contributed by atoms with E-state index in [1.54, 1.807) is 6.92 Å². The van der Waals surface area contributed by atoms with Crippen molar-refractivity contribution in [2.75, 3.05) is 74.8 Å². The largest absolute Gasteiger partial charge is 2.00 e. The molecular formula is C102H163Br2Fe2N10O8+. The quantitative estimate of drug-likeness (QED) is 0.00766. The number of nitrogen functional groups attached to an aromatic ring is 1. The number of anilines is 8. The fourth-order valence-electron chi connectivity index (χ4n) is 13.8. The molecule has 10 N–H and O–H groups in total. The van der Waals surface area contributed by atoms with Crippen LogP contribution in [-0.4, -0.2) is 71.7 Å². The molecule has 0 atom stereocenters. The summed E-state index contributed by atoms with van der Waals surface area (Å²) in [7, 11) is 0. The molecule has 698 valence electrons. The standard InChI is InChI=1S/2C22H36N2O.C14H22N2O.C12H16BrNO.C12H14N2O4.C6H6BrN.2C5H10.4CH3.2Fe/c2*1-5-22(3,4)21(25)23-19-14-9-15-20(17-19)24(6-2)16-10-13-18-11-7-8-12-18;1-5-14(3,4)13(17)16-12-9-7-8-11(10-12)15-6-2;1-4-12(2,3)11(15)14-10-7-5-6-9(13)8-10;1-5-6(7-8(15)10(17)9(7)16)11(18)14(13-5)12(2,3)4;7-5-2-1-3-6(8)4-5;2*1-2-4-5-3-1;;;;;;/h2*9,14-15,17-18H,5-8,10-13,16H2,1-4H3,(H,23,25);7-10,15H,5-6H2,1-4H3,(H,16,17);5-8H,4H2,1-3H3,(H,14,15);1-4H3,(H2,13,15,16,17,18);1-4H,8H2;2*1-5H2;4*1H3;;/q;;;;;;;;4*-1;2*+2/p+1. The second-order valence-corrected chi connectivity index (χ2v) is 37.5. The van der Waals surface area contributed by atoms with Gasteiger partial charge in [-0.3, -0.25) is 28.8 Å². The summed E-state index contributed by atoms with van der Waals surface area (Å²) in [5.74, 6) is 1.48. The number of H-pyrrole nitrogens is 1. The van der Waals surface area contributed by atoms with Gasteiger partial charge >= 0.3 is 40.0 Å². The van der Waals surface area contributed by atoms with Gasteiger partial charge in [-0.05, 0) is 182 Å². The number of aromatic hydroxyl groups is 2. The Morgan fingerprint density at radius 3 is 1.05 bits per heavy atom. The number of benzene rings is 5. The van der Waals surface area contributed by atoms with Crippen LogP contribution in [0.3, 0.4) is 0 Å². The van der Waals surface area contributed by atoms with Gasteiger partial charge in [0, 0.05) is 130 Å². The predicted octanol–water partition coefficient (Wildman–Crippen LogP) is 26.8. The molecule has 4 fully saturated rings. The number of amides is 4. The number of halogens is 2. The summed E-state index contributed by atoms with van der Waals surface area (Å²) >= 11 is 6.65. The molecule has 124 heavy (non-hydrogen) atoms. The monoisotopic (exact) mass is 1930 g/mol. The van der Waals surface area contributed by atoms with Crippen LogP contribution in [0.2, 0.25) is 0 Å². The van der Waals surface area contributed by atoms with Crippen LogP contribution in [-0.2, 0) is 58.9 Å². The van der Waals surface area contributed by atoms with Gasteiger partial charge in [0.05, 0.1) is 11.3 Å². The number of nitrogens with zero attached hydrogens (tertiary/aromatic N) is 3. The summed E-state index contributed by atoms with van der Waals surface area (Å²) in [4.78, 5) is 76.0. The summed E-state index contributed by atoms with van der Waals surface area (Å²) in [6, 6.07) is 39.5. The zero-order chi connectivity index (χ0) is 87.8. The normalized spacial score (nSPS) is 13.4. The third-order valence-corrected chi connectivity index (χ3v) is 24.5. The fourth-order valence-corrected chi connectivity index (χ4v) is 14.6. The molecule has 0 unspecified atom stereocenters. The molecular weight excluding hydrogens is 1760 g/mol. The van der Waals surface area contributed by atoms with Crippen LogP contribution >= 0.6 is 31.9 Å². The Balaban J connectivity index is -0.00000140. The molecule has 0 saturated heterocycles. The van der Waals surface area contributed by atoms with E-state index >= 15 is 0 Å². The molecule has 7 aromatic rings. The number of hydrogen-bond acceptors (Lipinski definition) is 12. The van der Waals surface area contributed by atoms with Crippen molar-refractivity contribution >= 4 is 101 Å². The Bertz CT molecular complexity index is 4080. The summed E-state index contributed by atoms with van der Waals surface area (Å²) < 4.78 is 3.47. The van der Waals surface area contributed by atoms with E-state index in [1.165, 1.54) is 157 Å². The van der Waals surface area contributed by atoms with Crippen LogP contribution in [0.1, 0.15) is 297 Å². The van der Waals surface area contributed by atoms with Crippen molar-refractivity contribution in [3.05, 3.63) is 186 Å². The van der Waals surface area contributed by atoms with Gasteiger partial charge in [-0.15, -0.1) is 0 Å². The SMILES string of the molecule is C1CCCC1.C1CCCC1.CCC(C)(C)C(=O)Nc1cccc(Br)c1.CCN(CCCC1CCCC1)c1cccc(NC(=O)C(C)(C)CC)c1.CCN(CCCC1CCCC1)c1cccc(NC(=O)C(C)(C)CC)c1.CCNc1cccc(NC(=O)C(C)(C)CC)c1.Cc1[nH][n+](C(C)(C)C)c(O)c1-c1c(O)c(=O)c1=O.Nc1cccc(Br)c1.[CH3-].[CH3-].[CH3-].[CH3-].[Fe+2].[Fe+2]. The molecule has 0 spiro atoms. The maximum atomic E-state index is 12.4. The number of nitrogens with two attached hydrogens (primary N) is 1. The van der Waals surface area contributed by atoms with Crippen LogP contribution in [0.5, 0.6) is 11.6 Å². The Morgan fingerprint density at radius 2 is 0.758 bits per heavy atom. The van der Waals surface area contributed by atoms with Crippen LogP contribution in [0.4, 0.5) is 45.5 Å². The van der Waals surface area contributed by atoms with Crippen molar-refractivity contribution in [3.63, 3.8) is 0 Å². The zero-order valence-electron chi connectivity index (χ0n) is 80.3. The van der Waals surface area contributed by atoms with Gasteiger partial charge in [0.15, 0.2) is 11.3 Å². The molecule has 11 rings (SSSR count). The minimum Gasteiger partial charge on any atom is -0.503 e. The van der Waals surface area contributed by atoms with Crippen molar-refractivity contribution in [2.24, 2.45) is 33.5 Å². The molecule has 1 aromatic heterocycles. The third-order valence-electron chi connectivity index (χ3n) is 23.6. The topological polar surface area (TPSA) is 255 Å². The first kappa shape index (κ1) is 121. The summed E-state index contributed by atoms with van der Waals surface area (Å²) in [5, 5.41) is 37.7. The summed E-state index contributed by atoms with van der Waals surface area (Å²) in [6.45, 7) is 42.7. The number of hydrogen-bond donors (Lipinski definition) is 9. The van der Waals surface area contributed by atoms with Gasteiger partial charge in [-0.2, -0.15) is 5.10 Å². The average Bonchev–Trinajstić information content (AvgIpc) is 1.49. The van der Waals surface area contributed by atoms with Crippen LogP contribution < -0.4 is 57.7 Å². The Labute approximate surface area is 789 Å². The van der Waals surface area contributed by atoms with Crippen molar-refractivity contribution < 1.29 is 68.2 Å². The van der Waals surface area contributed by atoms with E-state index in [0.29, 0.717) is 5.69 Å². The molecule has 0 aliphatic heterocycles. The summed E-state index contributed by atoms with van der Waals surface area (Å²) in [5.41, 5.74) is 10.3. The van der Waals surface area contributed by atoms with Crippen molar-refractivity contribution in [2.45, 2.75) is 304 Å². The van der Waals surface area contributed by atoms with Gasteiger partial charge in [0.2, 0.25) is 29.1 Å². The van der Waals surface area contributed by atoms with Crippen LogP contribution in [0.25, 0.3) is 11.1 Å². The molecule has 22 heteroatoms. The average molecular weight is 1930 g/mol. The van der Waals surface area contributed by atoms with Crippen molar-refractivity contribution in [3.8, 4) is 22.8 Å². The van der Waals surface area contributed by atoms with Gasteiger partial charge in [0.1, 0.15) is 5.56 Å². The van der Waals surface area contributed by atoms with Crippen molar-refractivity contribution in [1.82, 2.24) is 5.10 Å². The number of carbonyl (C=O) groups excluding carboxylic acids is 4. The maximum Gasteiger partial charge on any atom is 2.00 e. The van der Waals surface area contributed by atoms with E-state index in [9.17, 15) is 39.0 Å². The maximum absolute atomic E-state index is 12.4. The van der Waals surface area contributed by atoms with E-state index in [4.69, 9.17) is 5.73 Å². The predicted molar refractivity (Wildman–Crippen MR) is 531 cm³/mol. The van der Waals surface area contributed by atoms with E-state index in [-0.39, 0.29) is 126 Å². The number of rotatable bonds is 27. The van der Waals surface area contributed by atoms with Crippen molar-refractivity contribution in [1.29, 1.82) is 0 Å². The van der Waals surface area contributed by atoms with E-state index in [1.807, 2.05) is 194 Å². The first-order valence-electron chi connectivity index (χ1n) is 44.2. The van der Waals surface area contributed by atoms with E-state index < -0.39 is 22.1 Å². The first-order valence-corrected chi connectivity index (χ1v) is 45.8. The minimum absolute atomic E-state index is 0. The zero-order valence-corrected chi connectivity index (χ0v) is 85.7. The van der Waals surface area contributed by atoms with Crippen LogP contribution in [0.15, 0.2) is 140 Å². The Kier molecular flexibility index (Phi) is 60.1. The molecule has 0 radical (unpaired) electrons. The van der Waals surface area contributed by atoms with Gasteiger partial charge < -0.3 is 82.0 Å². The second-order valence-electron chi connectivity index (χ2n) is 35.6. The number of aromatic nitrogens is 2. The van der Waals surface area contributed by atoms with Gasteiger partial charge in [-0.1, -0.05) is 266 Å². The smallest absolute Gasteiger partial charge is 0.503 e. The second kappa shape index (κ2) is 61.5. The van der Waals surface area contributed by atoms with E-state index in [0.717, 1.165) is 113 Å². The van der Waals surface area contributed by atoms with Gasteiger partial charge in [-0.25, -0.2) is 0 Å².